The number of nitrogens with one attached hydrogen (secondary N) is 1. The Labute approximate surface area is 105 Å². The summed E-state index contributed by atoms with van der Waals surface area (Å²) < 4.78 is 0. The van der Waals surface area contributed by atoms with Crippen molar-refractivity contribution >= 4 is 11.9 Å². The lowest BCUT2D eigenvalue weighted by atomic mass is 9.84. The Balaban J connectivity index is 2.13. The van der Waals surface area contributed by atoms with Crippen LogP contribution in [0.3, 0.4) is 0 Å². The van der Waals surface area contributed by atoms with Gasteiger partial charge in [-0.3, -0.25) is 14.7 Å². The van der Waals surface area contributed by atoms with Crippen molar-refractivity contribution in [3.05, 3.63) is 17.5 Å². The van der Waals surface area contributed by atoms with Gasteiger partial charge in [-0.15, -0.1) is 0 Å². The summed E-state index contributed by atoms with van der Waals surface area (Å²) in [7, 11) is 0. The largest absolute Gasteiger partial charge is 0.481 e. The molecular weight excluding hydrogens is 234 g/mol. The van der Waals surface area contributed by atoms with E-state index in [2.05, 4.69) is 10.2 Å². The van der Waals surface area contributed by atoms with Gasteiger partial charge in [-0.1, -0.05) is 6.92 Å². The number of carboxylic acids is 1. The number of H-pyrrole nitrogens is 1. The first kappa shape index (κ1) is 12.6. The number of carboxylic acid groups (broad SMARTS) is 1. The zero-order chi connectivity index (χ0) is 13.3. The molecule has 1 aromatic heterocycles. The van der Waals surface area contributed by atoms with Crippen molar-refractivity contribution in [3.8, 4) is 0 Å². The highest BCUT2D eigenvalue weighted by atomic mass is 16.4. The Morgan fingerprint density at radius 3 is 2.78 bits per heavy atom. The number of hydrogen-bond acceptors (Lipinski definition) is 3. The Morgan fingerprint density at radius 1 is 1.61 bits per heavy atom. The number of carbonyl (C=O) groups excluding carboxylic acids is 1. The van der Waals surface area contributed by atoms with Crippen LogP contribution in [0, 0.1) is 12.3 Å². The minimum atomic E-state index is -0.821. The van der Waals surface area contributed by atoms with Gasteiger partial charge in [-0.2, -0.15) is 5.10 Å². The molecule has 0 radical (unpaired) electrons. The van der Waals surface area contributed by atoms with E-state index in [1.807, 2.05) is 13.8 Å². The van der Waals surface area contributed by atoms with E-state index in [-0.39, 0.29) is 12.5 Å². The molecule has 1 aliphatic rings. The SMILES string of the molecule is CCC1(C(=O)O)CCN(C(=O)c2cc(C)[nH]n2)C1. The molecule has 2 rings (SSSR count). The summed E-state index contributed by atoms with van der Waals surface area (Å²) in [4.78, 5) is 25.0. The first-order valence-electron chi connectivity index (χ1n) is 6.03. The van der Waals surface area contributed by atoms with Crippen LogP contribution in [-0.2, 0) is 4.79 Å². The van der Waals surface area contributed by atoms with E-state index < -0.39 is 11.4 Å². The molecule has 0 spiro atoms. The van der Waals surface area contributed by atoms with Crippen LogP contribution in [-0.4, -0.2) is 45.2 Å². The smallest absolute Gasteiger partial charge is 0.311 e. The Kier molecular flexibility index (Phi) is 3.11. The predicted octanol–water partition coefficient (Wildman–Crippen LogP) is 1.05. The minimum Gasteiger partial charge on any atom is -0.481 e. The molecule has 1 aliphatic heterocycles. The van der Waals surface area contributed by atoms with Gasteiger partial charge in [0.25, 0.3) is 5.91 Å². The lowest BCUT2D eigenvalue weighted by Gasteiger charge is -2.22. The topological polar surface area (TPSA) is 86.3 Å². The number of aromatic nitrogens is 2. The molecular formula is C12H17N3O3. The first-order valence-corrected chi connectivity index (χ1v) is 6.03. The second-order valence-corrected chi connectivity index (χ2v) is 4.85. The summed E-state index contributed by atoms with van der Waals surface area (Å²) in [5.41, 5.74) is 0.378. The fraction of sp³-hybridized carbons (Fsp3) is 0.583. The molecule has 1 saturated heterocycles. The monoisotopic (exact) mass is 251 g/mol. The maximum absolute atomic E-state index is 12.1. The van der Waals surface area contributed by atoms with Gasteiger partial charge in [0, 0.05) is 18.8 Å². The standard InChI is InChI=1S/C12H17N3O3/c1-3-12(11(17)18)4-5-15(7-12)10(16)9-6-8(2)13-14-9/h6H,3-5,7H2,1-2H3,(H,13,14)(H,17,18). The lowest BCUT2D eigenvalue weighted by molar-refractivity contribution is -0.148. The molecule has 1 unspecified atom stereocenters. The second kappa shape index (κ2) is 4.44. The van der Waals surface area contributed by atoms with Crippen molar-refractivity contribution in [2.24, 2.45) is 5.41 Å². The minimum absolute atomic E-state index is 0.198. The quantitative estimate of drug-likeness (QED) is 0.840. The third kappa shape index (κ3) is 1.98. The summed E-state index contributed by atoms with van der Waals surface area (Å²) in [6, 6.07) is 1.68. The van der Waals surface area contributed by atoms with Crippen LogP contribution in [0.5, 0.6) is 0 Å². The van der Waals surface area contributed by atoms with Gasteiger partial charge in [0.05, 0.1) is 5.41 Å². The van der Waals surface area contributed by atoms with Crippen molar-refractivity contribution in [1.82, 2.24) is 15.1 Å². The van der Waals surface area contributed by atoms with Crippen LogP contribution < -0.4 is 0 Å². The highest BCUT2D eigenvalue weighted by Crippen LogP contribution is 2.34. The van der Waals surface area contributed by atoms with Crippen molar-refractivity contribution < 1.29 is 14.7 Å². The number of aryl methyl sites for hydroxylation is 1. The van der Waals surface area contributed by atoms with Crippen molar-refractivity contribution in [1.29, 1.82) is 0 Å². The normalized spacial score (nSPS) is 23.3. The number of nitrogens with zero attached hydrogens (tertiary/aromatic N) is 2. The number of aliphatic carboxylic acids is 1. The van der Waals surface area contributed by atoms with Crippen molar-refractivity contribution in [2.75, 3.05) is 13.1 Å². The molecule has 2 heterocycles. The van der Waals surface area contributed by atoms with Gasteiger partial charge in [-0.05, 0) is 25.8 Å². The summed E-state index contributed by atoms with van der Waals surface area (Å²) in [6.07, 6.45) is 1.04. The average Bonchev–Trinajstić information content (AvgIpc) is 2.95. The van der Waals surface area contributed by atoms with Crippen LogP contribution in [0.2, 0.25) is 0 Å². The lowest BCUT2D eigenvalue weighted by Crippen LogP contribution is -2.36. The van der Waals surface area contributed by atoms with E-state index >= 15 is 0 Å². The van der Waals surface area contributed by atoms with Gasteiger partial charge in [0.1, 0.15) is 5.69 Å². The number of rotatable bonds is 3. The molecule has 18 heavy (non-hydrogen) atoms. The molecule has 0 aliphatic carbocycles. The molecule has 2 N–H and O–H groups in total. The molecule has 0 saturated carbocycles. The van der Waals surface area contributed by atoms with E-state index in [4.69, 9.17) is 0 Å². The molecule has 1 aromatic rings. The zero-order valence-electron chi connectivity index (χ0n) is 10.6. The van der Waals surface area contributed by atoms with Crippen LogP contribution >= 0.6 is 0 Å². The maximum Gasteiger partial charge on any atom is 0.311 e. The van der Waals surface area contributed by atoms with E-state index in [1.165, 1.54) is 0 Å². The Hall–Kier alpha value is -1.85. The summed E-state index contributed by atoms with van der Waals surface area (Å²) in [6.45, 7) is 4.41. The number of carbonyl (C=O) groups is 2. The van der Waals surface area contributed by atoms with E-state index in [0.717, 1.165) is 5.69 Å². The van der Waals surface area contributed by atoms with Crippen LogP contribution in [0.1, 0.15) is 35.9 Å². The van der Waals surface area contributed by atoms with E-state index in [1.54, 1.807) is 11.0 Å². The van der Waals surface area contributed by atoms with Crippen LogP contribution in [0.4, 0.5) is 0 Å². The highest BCUT2D eigenvalue weighted by molar-refractivity contribution is 5.93. The van der Waals surface area contributed by atoms with Gasteiger partial charge in [0.2, 0.25) is 0 Å². The Morgan fingerprint density at radius 2 is 2.33 bits per heavy atom. The van der Waals surface area contributed by atoms with Crippen LogP contribution in [0.15, 0.2) is 6.07 Å². The number of aromatic amines is 1. The summed E-state index contributed by atoms with van der Waals surface area (Å²) in [5.74, 6) is -1.02. The molecule has 1 amide bonds. The third-order valence-corrected chi connectivity index (χ3v) is 3.70. The van der Waals surface area contributed by atoms with Crippen LogP contribution in [0.25, 0.3) is 0 Å². The molecule has 6 nitrogen and oxygen atoms in total. The molecule has 1 atom stereocenters. The summed E-state index contributed by atoms with van der Waals surface area (Å²) >= 11 is 0. The highest BCUT2D eigenvalue weighted by Gasteiger charge is 2.45. The molecule has 6 heteroatoms. The summed E-state index contributed by atoms with van der Waals surface area (Å²) in [5, 5.41) is 15.9. The van der Waals surface area contributed by atoms with Gasteiger partial charge >= 0.3 is 5.97 Å². The molecule has 0 aromatic carbocycles. The third-order valence-electron chi connectivity index (χ3n) is 3.70. The van der Waals surface area contributed by atoms with E-state index in [9.17, 15) is 14.7 Å². The van der Waals surface area contributed by atoms with Gasteiger partial charge in [-0.25, -0.2) is 0 Å². The molecule has 98 valence electrons. The number of hydrogen-bond donors (Lipinski definition) is 2. The molecule has 0 bridgehead atoms. The predicted molar refractivity (Wildman–Crippen MR) is 64.2 cm³/mol. The Bertz CT molecular complexity index is 483. The fourth-order valence-electron chi connectivity index (χ4n) is 2.35. The van der Waals surface area contributed by atoms with Gasteiger partial charge < -0.3 is 10.0 Å². The zero-order valence-corrected chi connectivity index (χ0v) is 10.6. The second-order valence-electron chi connectivity index (χ2n) is 4.85. The molecule has 1 fully saturated rings. The average molecular weight is 251 g/mol. The van der Waals surface area contributed by atoms with E-state index in [0.29, 0.717) is 25.1 Å². The van der Waals surface area contributed by atoms with Crippen molar-refractivity contribution in [2.45, 2.75) is 26.7 Å². The fourth-order valence-corrected chi connectivity index (χ4v) is 2.35. The van der Waals surface area contributed by atoms with Crippen molar-refractivity contribution in [3.63, 3.8) is 0 Å². The number of amides is 1. The number of likely N-dealkylation sites (tertiary alicyclic amines) is 1. The maximum atomic E-state index is 12.1. The first-order chi connectivity index (χ1) is 8.48. The van der Waals surface area contributed by atoms with Gasteiger partial charge in [0.15, 0.2) is 0 Å².